The van der Waals surface area contributed by atoms with Crippen molar-refractivity contribution < 1.29 is 8.94 Å². The zero-order chi connectivity index (χ0) is 16.2. The van der Waals surface area contributed by atoms with Gasteiger partial charge >= 0.3 is 0 Å². The first kappa shape index (κ1) is 15.5. The van der Waals surface area contributed by atoms with E-state index in [1.54, 1.807) is 6.26 Å². The lowest BCUT2D eigenvalue weighted by Gasteiger charge is -2.11. The van der Waals surface area contributed by atoms with Crippen molar-refractivity contribution in [1.29, 1.82) is 0 Å². The van der Waals surface area contributed by atoms with E-state index in [1.165, 1.54) is 11.1 Å². The van der Waals surface area contributed by atoms with Gasteiger partial charge in [0.05, 0.1) is 0 Å². The number of rotatable bonds is 6. The van der Waals surface area contributed by atoms with Crippen molar-refractivity contribution in [3.8, 4) is 11.5 Å². The van der Waals surface area contributed by atoms with Crippen molar-refractivity contribution in [2.24, 2.45) is 0 Å². The molecule has 0 bridgehead atoms. The van der Waals surface area contributed by atoms with E-state index in [0.717, 1.165) is 12.8 Å². The van der Waals surface area contributed by atoms with E-state index in [-0.39, 0.29) is 0 Å². The smallest absolute Gasteiger partial charge is 0.227 e. The Morgan fingerprint density at radius 1 is 1.13 bits per heavy atom. The topological polar surface area (TPSA) is 65.0 Å². The largest absolute Gasteiger partial charge is 0.448 e. The lowest BCUT2D eigenvalue weighted by molar-refractivity contribution is 0.371. The lowest BCUT2D eigenvalue weighted by Crippen LogP contribution is -2.01. The number of oxazole rings is 1. The van der Waals surface area contributed by atoms with Crippen molar-refractivity contribution >= 4 is 0 Å². The fourth-order valence-corrected chi connectivity index (χ4v) is 2.70. The Morgan fingerprint density at radius 2 is 1.96 bits per heavy atom. The Kier molecular flexibility index (Phi) is 4.55. The van der Waals surface area contributed by atoms with E-state index in [9.17, 15) is 0 Å². The minimum atomic E-state index is 0.317. The summed E-state index contributed by atoms with van der Waals surface area (Å²) in [5.74, 6) is 2.14. The van der Waals surface area contributed by atoms with Crippen molar-refractivity contribution in [3.05, 3.63) is 53.4 Å². The molecule has 0 saturated heterocycles. The Bertz CT molecular complexity index is 776. The monoisotopic (exact) mass is 311 g/mol. The van der Waals surface area contributed by atoms with Gasteiger partial charge in [0.1, 0.15) is 12.0 Å². The highest BCUT2D eigenvalue weighted by Gasteiger charge is 2.16. The highest BCUT2D eigenvalue weighted by Crippen LogP contribution is 2.24. The van der Waals surface area contributed by atoms with Crippen LogP contribution < -0.4 is 0 Å². The van der Waals surface area contributed by atoms with Crippen LogP contribution in [0.25, 0.3) is 11.5 Å². The van der Waals surface area contributed by atoms with Gasteiger partial charge in [-0.15, -0.1) is 0 Å². The first-order valence-corrected chi connectivity index (χ1v) is 8.00. The summed E-state index contributed by atoms with van der Waals surface area (Å²) in [5.41, 5.74) is 3.21. The minimum Gasteiger partial charge on any atom is -0.448 e. The molecule has 0 radical (unpaired) electrons. The third-order valence-electron chi connectivity index (χ3n) is 3.91. The van der Waals surface area contributed by atoms with Gasteiger partial charge < -0.3 is 8.94 Å². The van der Waals surface area contributed by atoms with Gasteiger partial charge in [0, 0.05) is 12.8 Å². The zero-order valence-electron chi connectivity index (χ0n) is 13.7. The van der Waals surface area contributed by atoms with E-state index in [1.807, 2.05) is 0 Å². The molecule has 1 atom stereocenters. The van der Waals surface area contributed by atoms with Crippen LogP contribution in [0.3, 0.4) is 0 Å². The number of aryl methyl sites for hydroxylation is 2. The van der Waals surface area contributed by atoms with Gasteiger partial charge in [0.2, 0.25) is 11.7 Å². The maximum atomic E-state index is 5.40. The molecular weight excluding hydrogens is 290 g/mol. The summed E-state index contributed by atoms with van der Waals surface area (Å²) in [5, 5.41) is 4.02. The van der Waals surface area contributed by atoms with Crippen LogP contribution >= 0.6 is 0 Å². The molecule has 0 saturated carbocycles. The molecule has 5 nitrogen and oxygen atoms in total. The molecule has 120 valence electrons. The molecule has 0 aliphatic heterocycles. The second kappa shape index (κ2) is 6.77. The highest BCUT2D eigenvalue weighted by molar-refractivity contribution is 5.45. The maximum absolute atomic E-state index is 5.40. The van der Waals surface area contributed by atoms with Crippen molar-refractivity contribution in [3.63, 3.8) is 0 Å². The number of hydrogen-bond acceptors (Lipinski definition) is 5. The molecule has 0 amide bonds. The van der Waals surface area contributed by atoms with Crippen molar-refractivity contribution in [2.75, 3.05) is 0 Å². The summed E-state index contributed by atoms with van der Waals surface area (Å²) >= 11 is 0. The Balaban J connectivity index is 1.73. The number of nitrogens with zero attached hydrogens (tertiary/aromatic N) is 3. The standard InChI is InChI=1S/C18H21N3O2/c1-4-7-16-19-15(11-22-16)18-20-17(23-21-18)10-13(3)14-9-6-5-8-12(14)2/h5-6,8-9,11,13H,4,7,10H2,1-3H3/t13-/m0/s1. The van der Waals surface area contributed by atoms with Crippen LogP contribution in [0.5, 0.6) is 0 Å². The van der Waals surface area contributed by atoms with Gasteiger partial charge in [0.25, 0.3) is 0 Å². The van der Waals surface area contributed by atoms with Crippen LogP contribution in [0.2, 0.25) is 0 Å². The molecular formula is C18H21N3O2. The van der Waals surface area contributed by atoms with E-state index in [4.69, 9.17) is 8.94 Å². The maximum Gasteiger partial charge on any atom is 0.227 e. The Morgan fingerprint density at radius 3 is 2.74 bits per heavy atom. The second-order valence-corrected chi connectivity index (χ2v) is 5.85. The molecule has 3 aromatic rings. The molecule has 0 fully saturated rings. The third kappa shape index (κ3) is 3.50. The van der Waals surface area contributed by atoms with Crippen molar-refractivity contribution in [2.45, 2.75) is 46.0 Å². The van der Waals surface area contributed by atoms with Crippen molar-refractivity contribution in [1.82, 2.24) is 15.1 Å². The number of benzene rings is 1. The summed E-state index contributed by atoms with van der Waals surface area (Å²) < 4.78 is 10.8. The fourth-order valence-electron chi connectivity index (χ4n) is 2.70. The summed E-state index contributed by atoms with van der Waals surface area (Å²) in [6.07, 6.45) is 4.10. The summed E-state index contributed by atoms with van der Waals surface area (Å²) in [4.78, 5) is 8.83. The first-order valence-electron chi connectivity index (χ1n) is 8.00. The first-order chi connectivity index (χ1) is 11.2. The molecule has 5 heteroatoms. The highest BCUT2D eigenvalue weighted by atomic mass is 16.5. The van der Waals surface area contributed by atoms with Crippen LogP contribution in [-0.2, 0) is 12.8 Å². The molecule has 2 aromatic heterocycles. The van der Waals surface area contributed by atoms with E-state index >= 15 is 0 Å². The van der Waals surface area contributed by atoms with Crippen LogP contribution in [0.4, 0.5) is 0 Å². The molecule has 0 aliphatic carbocycles. The fraction of sp³-hybridized carbons (Fsp3) is 0.389. The summed E-state index contributed by atoms with van der Waals surface area (Å²) in [6.45, 7) is 6.38. The average molecular weight is 311 g/mol. The number of aromatic nitrogens is 3. The SMILES string of the molecule is CCCc1nc(-c2noc(C[C@H](C)c3ccccc3C)n2)co1. The molecule has 0 spiro atoms. The van der Waals surface area contributed by atoms with Gasteiger partial charge in [-0.25, -0.2) is 4.98 Å². The summed E-state index contributed by atoms with van der Waals surface area (Å²) in [7, 11) is 0. The van der Waals surface area contributed by atoms with E-state index in [0.29, 0.717) is 35.6 Å². The molecule has 0 unspecified atom stereocenters. The predicted octanol–water partition coefficient (Wildman–Crippen LogP) is 4.33. The van der Waals surface area contributed by atoms with Crippen LogP contribution in [0.15, 0.2) is 39.5 Å². The second-order valence-electron chi connectivity index (χ2n) is 5.85. The summed E-state index contributed by atoms with van der Waals surface area (Å²) in [6, 6.07) is 8.37. The minimum absolute atomic E-state index is 0.317. The Hall–Kier alpha value is -2.43. The third-order valence-corrected chi connectivity index (χ3v) is 3.91. The van der Waals surface area contributed by atoms with E-state index < -0.39 is 0 Å². The Labute approximate surface area is 135 Å². The zero-order valence-corrected chi connectivity index (χ0v) is 13.7. The van der Waals surface area contributed by atoms with Gasteiger partial charge in [-0.1, -0.05) is 43.3 Å². The quantitative estimate of drug-likeness (QED) is 0.678. The molecule has 3 rings (SSSR count). The van der Waals surface area contributed by atoms with E-state index in [2.05, 4.69) is 60.2 Å². The molecule has 0 N–H and O–H groups in total. The predicted molar refractivity (Wildman–Crippen MR) is 87.1 cm³/mol. The van der Waals surface area contributed by atoms with Crippen LogP contribution in [0.1, 0.15) is 49.1 Å². The average Bonchev–Trinajstić information content (AvgIpc) is 3.17. The lowest BCUT2D eigenvalue weighted by atomic mass is 9.94. The normalized spacial score (nSPS) is 12.5. The van der Waals surface area contributed by atoms with Gasteiger partial charge in [0.15, 0.2) is 5.89 Å². The molecule has 2 heterocycles. The van der Waals surface area contributed by atoms with Crippen LogP contribution in [-0.4, -0.2) is 15.1 Å². The van der Waals surface area contributed by atoms with Gasteiger partial charge in [-0.2, -0.15) is 4.98 Å². The van der Waals surface area contributed by atoms with Gasteiger partial charge in [-0.3, -0.25) is 0 Å². The van der Waals surface area contributed by atoms with Gasteiger partial charge in [-0.05, 0) is 30.4 Å². The molecule has 1 aromatic carbocycles. The van der Waals surface area contributed by atoms with Crippen LogP contribution in [0, 0.1) is 6.92 Å². The number of hydrogen-bond donors (Lipinski definition) is 0. The molecule has 0 aliphatic rings. The molecule has 23 heavy (non-hydrogen) atoms.